The lowest BCUT2D eigenvalue weighted by molar-refractivity contribution is 0.0313. The molecule has 1 aromatic rings. The second-order valence-electron chi connectivity index (χ2n) is 5.80. The molecule has 112 valence electrons. The van der Waals surface area contributed by atoms with E-state index in [2.05, 4.69) is 45.1 Å². The van der Waals surface area contributed by atoms with Gasteiger partial charge in [0.1, 0.15) is 5.75 Å². The summed E-state index contributed by atoms with van der Waals surface area (Å²) in [7, 11) is 1.75. The Morgan fingerprint density at radius 2 is 2.10 bits per heavy atom. The third-order valence-corrected chi connectivity index (χ3v) is 4.08. The zero-order valence-corrected chi connectivity index (χ0v) is 13.3. The van der Waals surface area contributed by atoms with Crippen molar-refractivity contribution < 1.29 is 9.47 Å². The lowest BCUT2D eigenvalue weighted by atomic mass is 9.93. The zero-order valence-electron chi connectivity index (χ0n) is 13.3. The Hall–Kier alpha value is -1.06. The first kappa shape index (κ1) is 15.3. The lowest BCUT2D eigenvalue weighted by Crippen LogP contribution is -2.33. The highest BCUT2D eigenvalue weighted by Gasteiger charge is 2.32. The number of hydrogen-bond acceptors (Lipinski definition) is 3. The van der Waals surface area contributed by atoms with E-state index < -0.39 is 0 Å². The van der Waals surface area contributed by atoms with E-state index in [0.29, 0.717) is 6.10 Å². The number of ether oxygens (including phenoxy) is 2. The summed E-state index contributed by atoms with van der Waals surface area (Å²) in [5.41, 5.74) is 3.76. The number of likely N-dealkylation sites (N-methyl/N-ethyl adjacent to an activating group) is 1. The van der Waals surface area contributed by atoms with E-state index in [1.165, 1.54) is 16.7 Å². The molecule has 3 atom stereocenters. The third kappa shape index (κ3) is 3.15. The van der Waals surface area contributed by atoms with Crippen LogP contribution in [0.15, 0.2) is 12.1 Å². The summed E-state index contributed by atoms with van der Waals surface area (Å²) in [6.07, 6.45) is 2.84. The van der Waals surface area contributed by atoms with Gasteiger partial charge in [0.25, 0.3) is 0 Å². The Morgan fingerprint density at radius 3 is 2.65 bits per heavy atom. The van der Waals surface area contributed by atoms with Crippen LogP contribution < -0.4 is 10.1 Å². The van der Waals surface area contributed by atoms with Crippen LogP contribution in [0.3, 0.4) is 0 Å². The first-order chi connectivity index (χ1) is 9.56. The van der Waals surface area contributed by atoms with Crippen LogP contribution in [0, 0.1) is 13.8 Å². The van der Waals surface area contributed by atoms with Gasteiger partial charge in [-0.2, -0.15) is 0 Å². The number of hydrogen-bond donors (Lipinski definition) is 1. The molecule has 0 amide bonds. The van der Waals surface area contributed by atoms with Crippen LogP contribution in [0.1, 0.15) is 49.4 Å². The van der Waals surface area contributed by atoms with Gasteiger partial charge in [-0.1, -0.05) is 13.0 Å². The van der Waals surface area contributed by atoms with Crippen LogP contribution >= 0.6 is 0 Å². The fraction of sp³-hybridized carbons (Fsp3) is 0.647. The van der Waals surface area contributed by atoms with E-state index >= 15 is 0 Å². The first-order valence-corrected chi connectivity index (χ1v) is 7.60. The Labute approximate surface area is 122 Å². The number of benzene rings is 1. The summed E-state index contributed by atoms with van der Waals surface area (Å²) in [5, 5.41) is 3.59. The molecule has 1 aliphatic heterocycles. The second-order valence-corrected chi connectivity index (χ2v) is 5.80. The molecular weight excluding hydrogens is 250 g/mol. The van der Waals surface area contributed by atoms with Gasteiger partial charge in [-0.25, -0.2) is 0 Å². The van der Waals surface area contributed by atoms with Crippen LogP contribution in [-0.2, 0) is 4.74 Å². The molecule has 0 bridgehead atoms. The number of aryl methyl sites for hydroxylation is 2. The Bertz CT molecular complexity index is 459. The second kappa shape index (κ2) is 6.59. The molecule has 0 aliphatic carbocycles. The van der Waals surface area contributed by atoms with Crippen molar-refractivity contribution in [2.24, 2.45) is 0 Å². The van der Waals surface area contributed by atoms with E-state index in [4.69, 9.17) is 9.47 Å². The fourth-order valence-corrected chi connectivity index (χ4v) is 3.23. The largest absolute Gasteiger partial charge is 0.496 e. The van der Waals surface area contributed by atoms with Gasteiger partial charge in [0.15, 0.2) is 0 Å². The molecule has 2 rings (SSSR count). The predicted molar refractivity (Wildman–Crippen MR) is 82.5 cm³/mol. The molecule has 0 radical (unpaired) electrons. The molecular formula is C17H27NO2. The normalized spacial score (nSPS) is 23.9. The van der Waals surface area contributed by atoms with Gasteiger partial charge in [0.05, 0.1) is 25.4 Å². The molecule has 3 heteroatoms. The average molecular weight is 277 g/mol. The molecule has 1 N–H and O–H groups in total. The van der Waals surface area contributed by atoms with Crippen molar-refractivity contribution in [1.29, 1.82) is 0 Å². The minimum Gasteiger partial charge on any atom is -0.496 e. The van der Waals surface area contributed by atoms with Crippen molar-refractivity contribution in [2.45, 2.75) is 58.8 Å². The summed E-state index contributed by atoms with van der Waals surface area (Å²) >= 11 is 0. The van der Waals surface area contributed by atoms with Gasteiger partial charge < -0.3 is 14.8 Å². The SMILES string of the molecule is CCNC(c1c(C)cc(C)cc1OC)C1CCC(C)O1. The van der Waals surface area contributed by atoms with Crippen LogP contribution in [-0.4, -0.2) is 25.9 Å². The molecule has 3 nitrogen and oxygen atoms in total. The first-order valence-electron chi connectivity index (χ1n) is 7.60. The lowest BCUT2D eigenvalue weighted by Gasteiger charge is -2.28. The monoisotopic (exact) mass is 277 g/mol. The molecule has 0 spiro atoms. The van der Waals surface area contributed by atoms with E-state index in [1.54, 1.807) is 7.11 Å². The summed E-state index contributed by atoms with van der Waals surface area (Å²) in [5.74, 6) is 0.969. The topological polar surface area (TPSA) is 30.5 Å². The van der Waals surface area contributed by atoms with Crippen LogP contribution in [0.2, 0.25) is 0 Å². The minimum atomic E-state index is 0.209. The molecule has 1 heterocycles. The Balaban J connectivity index is 2.38. The maximum Gasteiger partial charge on any atom is 0.124 e. The van der Waals surface area contributed by atoms with Crippen molar-refractivity contribution in [3.8, 4) is 5.75 Å². The van der Waals surface area contributed by atoms with Gasteiger partial charge >= 0.3 is 0 Å². The van der Waals surface area contributed by atoms with Gasteiger partial charge in [-0.3, -0.25) is 0 Å². The van der Waals surface area contributed by atoms with Crippen molar-refractivity contribution in [3.63, 3.8) is 0 Å². The van der Waals surface area contributed by atoms with Gasteiger partial charge in [-0.15, -0.1) is 0 Å². The summed E-state index contributed by atoms with van der Waals surface area (Å²) in [4.78, 5) is 0. The highest BCUT2D eigenvalue weighted by molar-refractivity contribution is 5.45. The molecule has 0 aromatic heterocycles. The van der Waals surface area contributed by atoms with Crippen LogP contribution in [0.5, 0.6) is 5.75 Å². The zero-order chi connectivity index (χ0) is 14.7. The molecule has 1 fully saturated rings. The maximum absolute atomic E-state index is 6.10. The van der Waals surface area contributed by atoms with E-state index in [9.17, 15) is 0 Å². The van der Waals surface area contributed by atoms with Crippen molar-refractivity contribution in [2.75, 3.05) is 13.7 Å². The fourth-order valence-electron chi connectivity index (χ4n) is 3.23. The van der Waals surface area contributed by atoms with E-state index in [1.807, 2.05) is 0 Å². The quantitative estimate of drug-likeness (QED) is 0.893. The van der Waals surface area contributed by atoms with Gasteiger partial charge in [0, 0.05) is 5.56 Å². The van der Waals surface area contributed by atoms with Crippen LogP contribution in [0.4, 0.5) is 0 Å². The van der Waals surface area contributed by atoms with Crippen molar-refractivity contribution in [3.05, 3.63) is 28.8 Å². The molecule has 0 saturated carbocycles. The number of methoxy groups -OCH3 is 1. The molecule has 1 aliphatic rings. The highest BCUT2D eigenvalue weighted by Crippen LogP contribution is 2.37. The summed E-state index contributed by atoms with van der Waals surface area (Å²) in [6, 6.07) is 4.55. The van der Waals surface area contributed by atoms with E-state index in [0.717, 1.165) is 25.1 Å². The molecule has 1 aromatic carbocycles. The number of rotatable bonds is 5. The molecule has 20 heavy (non-hydrogen) atoms. The number of nitrogens with one attached hydrogen (secondary N) is 1. The standard InChI is InChI=1S/C17H27NO2/c1-6-18-17(14-8-7-13(4)20-14)16-12(3)9-11(2)10-15(16)19-5/h9-10,13-14,17-18H,6-8H2,1-5H3. The average Bonchev–Trinajstić information content (AvgIpc) is 2.82. The minimum absolute atomic E-state index is 0.209. The van der Waals surface area contributed by atoms with E-state index in [-0.39, 0.29) is 12.1 Å². The van der Waals surface area contributed by atoms with Crippen molar-refractivity contribution in [1.82, 2.24) is 5.32 Å². The van der Waals surface area contributed by atoms with Gasteiger partial charge in [-0.05, 0) is 57.4 Å². The summed E-state index contributed by atoms with van der Waals surface area (Å²) in [6.45, 7) is 9.49. The maximum atomic E-state index is 6.10. The third-order valence-electron chi connectivity index (χ3n) is 4.08. The Kier molecular flexibility index (Phi) is 5.06. The van der Waals surface area contributed by atoms with Gasteiger partial charge in [0.2, 0.25) is 0 Å². The Morgan fingerprint density at radius 1 is 1.35 bits per heavy atom. The van der Waals surface area contributed by atoms with Crippen molar-refractivity contribution >= 4 is 0 Å². The predicted octanol–water partition coefficient (Wildman–Crippen LogP) is 3.53. The summed E-state index contributed by atoms with van der Waals surface area (Å²) < 4.78 is 11.7. The van der Waals surface area contributed by atoms with Crippen LogP contribution in [0.25, 0.3) is 0 Å². The highest BCUT2D eigenvalue weighted by atomic mass is 16.5. The molecule has 3 unspecified atom stereocenters. The smallest absolute Gasteiger partial charge is 0.124 e. The molecule has 1 saturated heterocycles.